The van der Waals surface area contributed by atoms with Gasteiger partial charge >= 0.3 is 144 Å². The van der Waals surface area contributed by atoms with Gasteiger partial charge in [-0.2, -0.15) is 0 Å². The fraction of sp³-hybridized carbons (Fsp3) is 0.474. The quantitative estimate of drug-likeness (QED) is 0.402. The number of fused-ring (bicyclic) bond motifs is 1. The summed E-state index contributed by atoms with van der Waals surface area (Å²) in [5.74, 6) is 0.981. The van der Waals surface area contributed by atoms with Crippen LogP contribution in [0.5, 0.6) is 5.75 Å². The Morgan fingerprint density at radius 1 is 1.05 bits per heavy atom. The molecule has 0 spiro atoms. The molecular weight excluding hydrogens is 387 g/mol. The summed E-state index contributed by atoms with van der Waals surface area (Å²) in [6.45, 7) is 1.23. The molecule has 3 rings (SSSR count). The standard InChI is InChI=1S/C19H24IO2/c1-21-12-13-22-19-10-9-15(14-16-6-4-5-11-20-16)17-7-2-3-8-18(17)19/h2-3,7-10,16H,4-6,11-14H2,1H3/q-1. The van der Waals surface area contributed by atoms with Crippen molar-refractivity contribution in [2.45, 2.75) is 29.6 Å². The molecule has 1 aliphatic rings. The molecule has 1 aliphatic heterocycles. The molecule has 0 amide bonds. The van der Waals surface area contributed by atoms with Crippen LogP contribution in [-0.4, -0.2) is 28.7 Å². The van der Waals surface area contributed by atoms with Crippen LogP contribution in [0.2, 0.25) is 0 Å². The number of ether oxygens (including phenoxy) is 2. The monoisotopic (exact) mass is 411 g/mol. The zero-order chi connectivity index (χ0) is 15.2. The van der Waals surface area contributed by atoms with Gasteiger partial charge in [-0.25, -0.2) is 0 Å². The Balaban J connectivity index is 1.83. The Kier molecular flexibility index (Phi) is 5.96. The molecule has 1 saturated heterocycles. The first kappa shape index (κ1) is 16.1. The summed E-state index contributed by atoms with van der Waals surface area (Å²) in [4.78, 5) is 0. The van der Waals surface area contributed by atoms with E-state index in [9.17, 15) is 0 Å². The molecule has 0 saturated carbocycles. The van der Waals surface area contributed by atoms with Crippen LogP contribution in [0, 0.1) is 0 Å². The third-order valence-corrected chi connectivity index (χ3v) is 7.88. The number of hydrogen-bond acceptors (Lipinski definition) is 2. The molecule has 0 radical (unpaired) electrons. The SMILES string of the molecule is COCCOc1ccc(CC2CCCC[I-]2)c2ccccc12. The van der Waals surface area contributed by atoms with E-state index in [1.165, 1.54) is 46.4 Å². The molecule has 1 unspecified atom stereocenters. The summed E-state index contributed by atoms with van der Waals surface area (Å²) in [5, 5.41) is 2.61. The topological polar surface area (TPSA) is 18.5 Å². The number of methoxy groups -OCH3 is 1. The molecule has 1 fully saturated rings. The van der Waals surface area contributed by atoms with E-state index in [-0.39, 0.29) is 0 Å². The van der Waals surface area contributed by atoms with Crippen molar-refractivity contribution >= 4 is 10.8 Å². The van der Waals surface area contributed by atoms with Crippen LogP contribution in [0.3, 0.4) is 0 Å². The molecule has 0 bridgehead atoms. The number of benzene rings is 2. The van der Waals surface area contributed by atoms with E-state index in [2.05, 4.69) is 36.4 Å². The average molecular weight is 411 g/mol. The van der Waals surface area contributed by atoms with E-state index >= 15 is 0 Å². The first-order valence-corrected chi connectivity index (χ1v) is 10.9. The molecule has 2 aromatic carbocycles. The average Bonchev–Trinajstić information content (AvgIpc) is 2.58. The minimum absolute atomic E-state index is 0.399. The third-order valence-electron chi connectivity index (χ3n) is 4.19. The molecular formula is C19H24IO2-. The summed E-state index contributed by atoms with van der Waals surface area (Å²) in [6.07, 6.45) is 5.59. The van der Waals surface area contributed by atoms with Crippen LogP contribution in [0.15, 0.2) is 36.4 Å². The summed E-state index contributed by atoms with van der Waals surface area (Å²) in [5.41, 5.74) is 1.50. The second-order valence-electron chi connectivity index (χ2n) is 5.75. The van der Waals surface area contributed by atoms with Gasteiger partial charge in [0, 0.05) is 0 Å². The number of halogens is 1. The second kappa shape index (κ2) is 8.16. The molecule has 22 heavy (non-hydrogen) atoms. The normalized spacial score (nSPS) is 18.9. The summed E-state index contributed by atoms with van der Waals surface area (Å²) < 4.78 is 13.4. The van der Waals surface area contributed by atoms with Gasteiger partial charge in [0.05, 0.1) is 0 Å². The number of rotatable bonds is 6. The van der Waals surface area contributed by atoms with Gasteiger partial charge < -0.3 is 0 Å². The maximum absolute atomic E-state index is 5.89. The molecule has 0 N–H and O–H groups in total. The van der Waals surface area contributed by atoms with Crippen molar-refractivity contribution in [1.82, 2.24) is 0 Å². The maximum atomic E-state index is 5.89. The molecule has 1 heterocycles. The predicted molar refractivity (Wildman–Crippen MR) is 87.5 cm³/mol. The van der Waals surface area contributed by atoms with E-state index < -0.39 is 0 Å². The van der Waals surface area contributed by atoms with Crippen LogP contribution in [0.4, 0.5) is 0 Å². The van der Waals surface area contributed by atoms with Gasteiger partial charge in [-0.3, -0.25) is 0 Å². The van der Waals surface area contributed by atoms with Crippen molar-refractivity contribution in [3.05, 3.63) is 42.0 Å². The van der Waals surface area contributed by atoms with Gasteiger partial charge in [0.25, 0.3) is 0 Å². The predicted octanol–water partition coefficient (Wildman–Crippen LogP) is 1.05. The van der Waals surface area contributed by atoms with Crippen molar-refractivity contribution in [2.24, 2.45) is 0 Å². The van der Waals surface area contributed by atoms with E-state index in [0.717, 1.165) is 9.67 Å². The van der Waals surface area contributed by atoms with Crippen LogP contribution in [0.25, 0.3) is 10.8 Å². The Morgan fingerprint density at radius 2 is 1.91 bits per heavy atom. The Bertz CT molecular complexity index is 605. The molecule has 1 atom stereocenters. The van der Waals surface area contributed by atoms with Gasteiger partial charge in [0.1, 0.15) is 0 Å². The molecule has 2 nitrogen and oxygen atoms in total. The fourth-order valence-corrected chi connectivity index (χ4v) is 6.56. The molecule has 0 aromatic heterocycles. The van der Waals surface area contributed by atoms with Crippen LogP contribution >= 0.6 is 0 Å². The zero-order valence-corrected chi connectivity index (χ0v) is 15.3. The van der Waals surface area contributed by atoms with Gasteiger partial charge in [-0.1, -0.05) is 0 Å². The molecule has 3 heteroatoms. The summed E-state index contributed by atoms with van der Waals surface area (Å²) >= 11 is 0.399. The molecule has 2 aromatic rings. The second-order valence-corrected chi connectivity index (χ2v) is 9.47. The summed E-state index contributed by atoms with van der Waals surface area (Å²) in [6, 6.07) is 13.1. The Hall–Kier alpha value is -0.810. The number of alkyl halides is 2. The van der Waals surface area contributed by atoms with Crippen molar-refractivity contribution in [3.63, 3.8) is 0 Å². The van der Waals surface area contributed by atoms with E-state index in [4.69, 9.17) is 9.47 Å². The first-order valence-electron chi connectivity index (χ1n) is 8.08. The Labute approximate surface area is 143 Å². The van der Waals surface area contributed by atoms with E-state index in [1.54, 1.807) is 7.11 Å². The third kappa shape index (κ3) is 3.93. The molecule has 0 aliphatic carbocycles. The van der Waals surface area contributed by atoms with Crippen molar-refractivity contribution in [3.8, 4) is 5.75 Å². The van der Waals surface area contributed by atoms with Crippen molar-refractivity contribution in [2.75, 3.05) is 24.8 Å². The van der Waals surface area contributed by atoms with Crippen LogP contribution in [-0.2, 0) is 11.2 Å². The van der Waals surface area contributed by atoms with E-state index in [1.807, 2.05) is 0 Å². The van der Waals surface area contributed by atoms with Gasteiger partial charge in [-0.05, 0) is 0 Å². The van der Waals surface area contributed by atoms with Crippen molar-refractivity contribution in [1.29, 1.82) is 0 Å². The van der Waals surface area contributed by atoms with Crippen LogP contribution in [0.1, 0.15) is 24.8 Å². The van der Waals surface area contributed by atoms with Gasteiger partial charge in [0.15, 0.2) is 0 Å². The van der Waals surface area contributed by atoms with Gasteiger partial charge in [0.2, 0.25) is 0 Å². The van der Waals surface area contributed by atoms with Gasteiger partial charge in [-0.15, -0.1) is 0 Å². The fourth-order valence-electron chi connectivity index (χ4n) is 3.04. The number of hydrogen-bond donors (Lipinski definition) is 0. The van der Waals surface area contributed by atoms with Crippen molar-refractivity contribution < 1.29 is 30.7 Å². The first-order chi connectivity index (χ1) is 10.9. The minimum atomic E-state index is 0.399. The zero-order valence-electron chi connectivity index (χ0n) is 13.2. The van der Waals surface area contributed by atoms with Crippen LogP contribution < -0.4 is 25.9 Å². The molecule has 120 valence electrons. The summed E-state index contributed by atoms with van der Waals surface area (Å²) in [7, 11) is 1.71. The Morgan fingerprint density at radius 3 is 2.68 bits per heavy atom. The van der Waals surface area contributed by atoms with E-state index in [0.29, 0.717) is 34.4 Å².